The first-order valence-electron chi connectivity index (χ1n) is 19.0. The Balaban J connectivity index is 1.19. The number of hydrogen-bond acceptors (Lipinski definition) is 4. The SMILES string of the molecule is c1ccc(-c2nc(-c3cccc4c3-c3ccccc3C43c4ccccc4-c4ccccc4-c4ccccc43)nc(-c3cccc4oc5ccccc5c34)n2)cc1. The van der Waals surface area contributed by atoms with Crippen LogP contribution in [0.3, 0.4) is 0 Å². The van der Waals surface area contributed by atoms with Crippen LogP contribution in [0.2, 0.25) is 0 Å². The topological polar surface area (TPSA) is 51.8 Å². The molecule has 8 aromatic carbocycles. The maximum Gasteiger partial charge on any atom is 0.164 e. The maximum atomic E-state index is 6.33. The van der Waals surface area contributed by atoms with Gasteiger partial charge >= 0.3 is 0 Å². The maximum absolute atomic E-state index is 6.33. The molecule has 0 fully saturated rings. The van der Waals surface area contributed by atoms with Crippen molar-refractivity contribution in [1.29, 1.82) is 0 Å². The molecule has 10 aromatic rings. The van der Waals surface area contributed by atoms with E-state index in [9.17, 15) is 0 Å². The van der Waals surface area contributed by atoms with Gasteiger partial charge < -0.3 is 4.42 Å². The first-order valence-corrected chi connectivity index (χ1v) is 19.0. The molecule has 12 rings (SSSR count). The lowest BCUT2D eigenvalue weighted by Gasteiger charge is -2.35. The van der Waals surface area contributed by atoms with E-state index in [2.05, 4.69) is 140 Å². The number of aromatic nitrogens is 3. The summed E-state index contributed by atoms with van der Waals surface area (Å²) in [6, 6.07) is 66.9. The fourth-order valence-electron chi connectivity index (χ4n) is 9.58. The highest BCUT2D eigenvalue weighted by molar-refractivity contribution is 6.12. The number of rotatable bonds is 3. The molecule has 0 bridgehead atoms. The van der Waals surface area contributed by atoms with Gasteiger partial charge in [0.05, 0.1) is 5.41 Å². The van der Waals surface area contributed by atoms with Gasteiger partial charge in [0.15, 0.2) is 17.5 Å². The largest absolute Gasteiger partial charge is 0.456 e. The molecule has 4 heteroatoms. The summed E-state index contributed by atoms with van der Waals surface area (Å²) in [6.45, 7) is 0. The van der Waals surface area contributed by atoms with E-state index >= 15 is 0 Å². The summed E-state index contributed by atoms with van der Waals surface area (Å²) >= 11 is 0. The Morgan fingerprint density at radius 2 is 0.786 bits per heavy atom. The fraction of sp³-hybridized carbons (Fsp3) is 0.0192. The van der Waals surface area contributed by atoms with Crippen molar-refractivity contribution >= 4 is 21.9 Å². The molecule has 2 heterocycles. The smallest absolute Gasteiger partial charge is 0.164 e. The molecule has 1 spiro atoms. The lowest BCUT2D eigenvalue weighted by Crippen LogP contribution is -2.29. The van der Waals surface area contributed by atoms with E-state index in [1.54, 1.807) is 0 Å². The predicted octanol–water partition coefficient (Wildman–Crippen LogP) is 12.8. The van der Waals surface area contributed by atoms with E-state index < -0.39 is 5.41 Å². The first-order chi connectivity index (χ1) is 27.8. The highest BCUT2D eigenvalue weighted by Crippen LogP contribution is 2.62. The molecule has 0 saturated heterocycles. The van der Waals surface area contributed by atoms with Gasteiger partial charge in [-0.15, -0.1) is 0 Å². The zero-order valence-corrected chi connectivity index (χ0v) is 30.1. The minimum Gasteiger partial charge on any atom is -0.456 e. The van der Waals surface area contributed by atoms with Crippen molar-refractivity contribution in [2.75, 3.05) is 0 Å². The van der Waals surface area contributed by atoms with Crippen LogP contribution in [-0.2, 0) is 5.41 Å². The van der Waals surface area contributed by atoms with Gasteiger partial charge in [0.2, 0.25) is 0 Å². The molecule has 0 saturated carbocycles. The summed E-state index contributed by atoms with van der Waals surface area (Å²) in [6.07, 6.45) is 0. The van der Waals surface area contributed by atoms with Gasteiger partial charge in [-0.1, -0.05) is 176 Å². The summed E-state index contributed by atoms with van der Waals surface area (Å²) in [5.41, 5.74) is 16.1. The zero-order valence-electron chi connectivity index (χ0n) is 30.1. The van der Waals surface area contributed by atoms with Gasteiger partial charge in [-0.3, -0.25) is 0 Å². The van der Waals surface area contributed by atoms with Crippen molar-refractivity contribution < 1.29 is 4.42 Å². The molecule has 0 atom stereocenters. The van der Waals surface area contributed by atoms with Crippen LogP contribution in [0.5, 0.6) is 0 Å². The van der Waals surface area contributed by atoms with Crippen LogP contribution >= 0.6 is 0 Å². The zero-order chi connectivity index (χ0) is 36.8. The van der Waals surface area contributed by atoms with Crippen LogP contribution in [0.4, 0.5) is 0 Å². The number of hydrogen-bond donors (Lipinski definition) is 0. The Morgan fingerprint density at radius 1 is 0.321 bits per heavy atom. The van der Waals surface area contributed by atoms with E-state index in [1.165, 1.54) is 50.1 Å². The van der Waals surface area contributed by atoms with Gasteiger partial charge in [-0.05, 0) is 67.8 Å². The molecule has 2 aliphatic rings. The summed E-state index contributed by atoms with van der Waals surface area (Å²) in [5.74, 6) is 1.85. The Kier molecular flexibility index (Phi) is 6.52. The summed E-state index contributed by atoms with van der Waals surface area (Å²) in [4.78, 5) is 15.9. The number of para-hydroxylation sites is 1. The van der Waals surface area contributed by atoms with Crippen LogP contribution in [0.1, 0.15) is 22.3 Å². The molecule has 0 amide bonds. The van der Waals surface area contributed by atoms with Crippen LogP contribution in [0.25, 0.3) is 89.5 Å². The Hall–Kier alpha value is -7.43. The molecule has 0 N–H and O–H groups in total. The van der Waals surface area contributed by atoms with Crippen molar-refractivity contribution in [3.8, 4) is 67.5 Å². The average Bonchev–Trinajstić information content (AvgIpc) is 3.77. The molecule has 4 nitrogen and oxygen atoms in total. The minimum atomic E-state index is -0.604. The minimum absolute atomic E-state index is 0.602. The second-order valence-electron chi connectivity index (χ2n) is 14.6. The van der Waals surface area contributed by atoms with E-state index in [0.29, 0.717) is 17.5 Å². The molecule has 56 heavy (non-hydrogen) atoms. The molecular weight excluding hydrogens is 683 g/mol. The molecule has 0 aliphatic heterocycles. The van der Waals surface area contributed by atoms with Crippen LogP contribution < -0.4 is 0 Å². The van der Waals surface area contributed by atoms with Gasteiger partial charge in [-0.25, -0.2) is 15.0 Å². The predicted molar refractivity (Wildman–Crippen MR) is 225 cm³/mol. The summed E-state index contributed by atoms with van der Waals surface area (Å²) in [7, 11) is 0. The van der Waals surface area contributed by atoms with Crippen molar-refractivity contribution in [3.05, 3.63) is 210 Å². The molecule has 260 valence electrons. The Morgan fingerprint density at radius 3 is 1.50 bits per heavy atom. The van der Waals surface area contributed by atoms with E-state index in [0.717, 1.165) is 44.2 Å². The number of fused-ring (bicyclic) bond motifs is 15. The van der Waals surface area contributed by atoms with E-state index in [-0.39, 0.29) is 0 Å². The van der Waals surface area contributed by atoms with Crippen molar-refractivity contribution in [2.45, 2.75) is 5.41 Å². The monoisotopic (exact) mass is 713 g/mol. The van der Waals surface area contributed by atoms with E-state index in [1.807, 2.05) is 48.5 Å². The second kappa shape index (κ2) is 11.8. The van der Waals surface area contributed by atoms with Crippen molar-refractivity contribution in [1.82, 2.24) is 15.0 Å². The number of furan rings is 1. The third kappa shape index (κ3) is 4.21. The Bertz CT molecular complexity index is 3150. The van der Waals surface area contributed by atoms with Gasteiger partial charge in [0.1, 0.15) is 11.2 Å². The molecule has 0 radical (unpaired) electrons. The van der Waals surface area contributed by atoms with Crippen LogP contribution in [0, 0.1) is 0 Å². The van der Waals surface area contributed by atoms with Gasteiger partial charge in [0, 0.05) is 27.5 Å². The first kappa shape index (κ1) is 31.0. The molecule has 2 aliphatic carbocycles. The molecule has 2 aromatic heterocycles. The van der Waals surface area contributed by atoms with E-state index in [4.69, 9.17) is 19.4 Å². The number of benzene rings is 8. The lowest BCUT2D eigenvalue weighted by molar-refractivity contribution is 0.669. The average molecular weight is 714 g/mol. The Labute approximate surface area is 323 Å². The lowest BCUT2D eigenvalue weighted by atomic mass is 9.66. The fourth-order valence-corrected chi connectivity index (χ4v) is 9.58. The van der Waals surface area contributed by atoms with Crippen molar-refractivity contribution in [3.63, 3.8) is 0 Å². The second-order valence-corrected chi connectivity index (χ2v) is 14.6. The third-order valence-electron chi connectivity index (χ3n) is 11.8. The quantitative estimate of drug-likeness (QED) is 0.183. The normalized spacial score (nSPS) is 13.1. The highest BCUT2D eigenvalue weighted by Gasteiger charge is 2.50. The third-order valence-corrected chi connectivity index (χ3v) is 11.8. The van der Waals surface area contributed by atoms with Crippen molar-refractivity contribution in [2.24, 2.45) is 0 Å². The highest BCUT2D eigenvalue weighted by atomic mass is 16.3. The van der Waals surface area contributed by atoms with Gasteiger partial charge in [0.25, 0.3) is 0 Å². The molecule has 0 unspecified atom stereocenters. The van der Waals surface area contributed by atoms with Crippen LogP contribution in [-0.4, -0.2) is 15.0 Å². The van der Waals surface area contributed by atoms with Gasteiger partial charge in [-0.2, -0.15) is 0 Å². The van der Waals surface area contributed by atoms with Crippen LogP contribution in [0.15, 0.2) is 192 Å². The summed E-state index contributed by atoms with van der Waals surface area (Å²) in [5, 5.41) is 2.03. The summed E-state index contributed by atoms with van der Waals surface area (Å²) < 4.78 is 6.33. The standard InChI is InChI=1S/C52H31N3O/c1-2-16-32(17-3-1)49-53-50(55-51(54-49)40-25-15-31-46-48(40)38-23-9-13-30-45(38)56-46)39-24-14-29-44-47(39)37-22-8-12-28-43(37)52(44)41-26-10-6-20-35(41)33-18-4-5-19-34(33)36-21-7-11-27-42(36)52/h1-31H. The number of nitrogens with zero attached hydrogens (tertiary/aromatic N) is 3. The molecular formula is C52H31N3O.